The van der Waals surface area contributed by atoms with Gasteiger partial charge in [0.15, 0.2) is 0 Å². The molecule has 0 radical (unpaired) electrons. The van der Waals surface area contributed by atoms with Crippen molar-refractivity contribution in [3.05, 3.63) is 35.4 Å². The lowest BCUT2D eigenvalue weighted by Crippen LogP contribution is -2.46. The number of nitrogens with zero attached hydrogens (tertiary/aromatic N) is 1. The van der Waals surface area contributed by atoms with Crippen molar-refractivity contribution < 1.29 is 0 Å². The Labute approximate surface area is 131 Å². The minimum absolute atomic E-state index is 0.0850. The van der Waals surface area contributed by atoms with Gasteiger partial charge in [-0.25, -0.2) is 0 Å². The summed E-state index contributed by atoms with van der Waals surface area (Å²) in [6, 6.07) is 9.88. The molecular formula is C19H34N2. The van der Waals surface area contributed by atoms with Crippen LogP contribution in [0.15, 0.2) is 24.3 Å². The minimum atomic E-state index is 0.0850. The first kappa shape index (κ1) is 18.2. The van der Waals surface area contributed by atoms with Crippen molar-refractivity contribution in [1.29, 1.82) is 0 Å². The molecule has 0 aromatic heterocycles. The molecule has 0 amide bonds. The predicted octanol–water partition coefficient (Wildman–Crippen LogP) is 4.54. The van der Waals surface area contributed by atoms with Crippen molar-refractivity contribution in [2.45, 2.75) is 78.4 Å². The van der Waals surface area contributed by atoms with Gasteiger partial charge in [0.05, 0.1) is 0 Å². The molecule has 2 N–H and O–H groups in total. The molecule has 1 aromatic rings. The Bertz CT molecular complexity index is 385. The van der Waals surface area contributed by atoms with E-state index in [0.717, 1.165) is 13.0 Å². The molecule has 0 saturated carbocycles. The van der Waals surface area contributed by atoms with E-state index in [1.165, 1.54) is 30.4 Å². The molecule has 1 rings (SSSR count). The highest BCUT2D eigenvalue weighted by Crippen LogP contribution is 2.22. The van der Waals surface area contributed by atoms with Crippen molar-refractivity contribution in [2.75, 3.05) is 6.54 Å². The third-order valence-corrected chi connectivity index (χ3v) is 4.74. The Morgan fingerprint density at radius 2 is 1.67 bits per heavy atom. The van der Waals surface area contributed by atoms with Gasteiger partial charge in [0.2, 0.25) is 0 Å². The molecule has 0 aliphatic heterocycles. The zero-order chi connectivity index (χ0) is 15.8. The van der Waals surface area contributed by atoms with Gasteiger partial charge in [-0.1, -0.05) is 51.5 Å². The molecule has 0 spiro atoms. The molecule has 2 heteroatoms. The van der Waals surface area contributed by atoms with Crippen LogP contribution in [0.4, 0.5) is 0 Å². The largest absolute Gasteiger partial charge is 0.323 e. The molecule has 0 fully saturated rings. The summed E-state index contributed by atoms with van der Waals surface area (Å²) in [6.45, 7) is 12.4. The first-order valence-corrected chi connectivity index (χ1v) is 8.65. The molecule has 0 bridgehead atoms. The summed E-state index contributed by atoms with van der Waals surface area (Å²) in [5.41, 5.74) is 9.19. The van der Waals surface area contributed by atoms with E-state index in [-0.39, 0.29) is 6.04 Å². The first-order valence-electron chi connectivity index (χ1n) is 8.65. The van der Waals surface area contributed by atoms with Crippen LogP contribution in [0.5, 0.6) is 0 Å². The van der Waals surface area contributed by atoms with Crippen molar-refractivity contribution in [2.24, 2.45) is 5.73 Å². The zero-order valence-electron chi connectivity index (χ0n) is 14.6. The van der Waals surface area contributed by atoms with Gasteiger partial charge >= 0.3 is 0 Å². The number of aryl methyl sites for hydroxylation is 1. The maximum Gasteiger partial charge on any atom is 0.0450 e. The smallest absolute Gasteiger partial charge is 0.0450 e. The van der Waals surface area contributed by atoms with Crippen molar-refractivity contribution in [3.8, 4) is 0 Å². The SMILES string of the molecule is CCCCN(C(C)CC)C(C)C(N)c1ccc(CC)cc1. The van der Waals surface area contributed by atoms with E-state index < -0.39 is 0 Å². The van der Waals surface area contributed by atoms with E-state index in [0.29, 0.717) is 12.1 Å². The highest BCUT2D eigenvalue weighted by molar-refractivity contribution is 5.25. The lowest BCUT2D eigenvalue weighted by atomic mass is 9.97. The summed E-state index contributed by atoms with van der Waals surface area (Å²) >= 11 is 0. The first-order chi connectivity index (χ1) is 10.0. The van der Waals surface area contributed by atoms with Crippen LogP contribution in [0.3, 0.4) is 0 Å². The molecule has 2 nitrogen and oxygen atoms in total. The Kier molecular flexibility index (Phi) is 7.98. The van der Waals surface area contributed by atoms with Crippen LogP contribution in [-0.4, -0.2) is 23.5 Å². The fourth-order valence-electron chi connectivity index (χ4n) is 2.86. The molecule has 21 heavy (non-hydrogen) atoms. The molecule has 3 atom stereocenters. The van der Waals surface area contributed by atoms with Gasteiger partial charge in [0.25, 0.3) is 0 Å². The lowest BCUT2D eigenvalue weighted by Gasteiger charge is -2.37. The van der Waals surface area contributed by atoms with E-state index >= 15 is 0 Å². The van der Waals surface area contributed by atoms with Gasteiger partial charge in [0, 0.05) is 18.1 Å². The normalized spacial score (nSPS) is 16.0. The quantitative estimate of drug-likeness (QED) is 0.723. The van der Waals surface area contributed by atoms with Crippen LogP contribution < -0.4 is 5.73 Å². The lowest BCUT2D eigenvalue weighted by molar-refractivity contribution is 0.128. The molecule has 0 aliphatic carbocycles. The van der Waals surface area contributed by atoms with Crippen LogP contribution in [0, 0.1) is 0 Å². The van der Waals surface area contributed by atoms with Crippen LogP contribution in [0.2, 0.25) is 0 Å². The van der Waals surface area contributed by atoms with Gasteiger partial charge in [-0.05, 0) is 50.8 Å². The van der Waals surface area contributed by atoms with Crippen LogP contribution >= 0.6 is 0 Å². The number of hydrogen-bond acceptors (Lipinski definition) is 2. The van der Waals surface area contributed by atoms with Crippen molar-refractivity contribution in [1.82, 2.24) is 4.90 Å². The second-order valence-corrected chi connectivity index (χ2v) is 6.21. The maximum atomic E-state index is 6.55. The highest BCUT2D eigenvalue weighted by atomic mass is 15.2. The molecule has 120 valence electrons. The van der Waals surface area contributed by atoms with E-state index in [2.05, 4.69) is 63.8 Å². The third kappa shape index (κ3) is 5.12. The summed E-state index contributed by atoms with van der Waals surface area (Å²) in [6.07, 6.45) is 4.74. The number of nitrogens with two attached hydrogens (primary N) is 1. The van der Waals surface area contributed by atoms with Crippen LogP contribution in [0.25, 0.3) is 0 Å². The van der Waals surface area contributed by atoms with E-state index in [1.807, 2.05) is 0 Å². The topological polar surface area (TPSA) is 29.3 Å². The van der Waals surface area contributed by atoms with Gasteiger partial charge in [-0.15, -0.1) is 0 Å². The molecule has 1 aromatic carbocycles. The van der Waals surface area contributed by atoms with Gasteiger partial charge < -0.3 is 5.73 Å². The fraction of sp³-hybridized carbons (Fsp3) is 0.684. The fourth-order valence-corrected chi connectivity index (χ4v) is 2.86. The van der Waals surface area contributed by atoms with Crippen LogP contribution in [0.1, 0.15) is 71.0 Å². The standard InChI is InChI=1S/C19H34N2/c1-6-9-14-21(15(4)7-2)16(5)19(20)18-12-10-17(8-3)11-13-18/h10-13,15-16,19H,6-9,14,20H2,1-5H3. The number of hydrogen-bond donors (Lipinski definition) is 1. The minimum Gasteiger partial charge on any atom is -0.323 e. The summed E-state index contributed by atoms with van der Waals surface area (Å²) in [4.78, 5) is 2.59. The summed E-state index contributed by atoms with van der Waals surface area (Å²) in [5.74, 6) is 0. The van der Waals surface area contributed by atoms with Gasteiger partial charge in [-0.2, -0.15) is 0 Å². The van der Waals surface area contributed by atoms with E-state index in [9.17, 15) is 0 Å². The Hall–Kier alpha value is -0.860. The summed E-state index contributed by atoms with van der Waals surface area (Å²) in [5, 5.41) is 0. The Balaban J connectivity index is 2.81. The highest BCUT2D eigenvalue weighted by Gasteiger charge is 2.24. The van der Waals surface area contributed by atoms with Crippen molar-refractivity contribution in [3.63, 3.8) is 0 Å². The number of unbranched alkanes of at least 4 members (excludes halogenated alkanes) is 1. The number of benzene rings is 1. The Morgan fingerprint density at radius 1 is 1.05 bits per heavy atom. The van der Waals surface area contributed by atoms with Crippen LogP contribution in [-0.2, 0) is 6.42 Å². The average Bonchev–Trinajstić information content (AvgIpc) is 2.53. The van der Waals surface area contributed by atoms with Gasteiger partial charge in [0.1, 0.15) is 0 Å². The summed E-state index contributed by atoms with van der Waals surface area (Å²) < 4.78 is 0. The average molecular weight is 290 g/mol. The third-order valence-electron chi connectivity index (χ3n) is 4.74. The molecule has 0 aliphatic rings. The number of rotatable bonds is 9. The molecule has 0 heterocycles. The second-order valence-electron chi connectivity index (χ2n) is 6.21. The molecular weight excluding hydrogens is 256 g/mol. The molecule has 0 saturated heterocycles. The second kappa shape index (κ2) is 9.22. The molecule has 3 unspecified atom stereocenters. The monoisotopic (exact) mass is 290 g/mol. The maximum absolute atomic E-state index is 6.55. The zero-order valence-corrected chi connectivity index (χ0v) is 14.6. The van der Waals surface area contributed by atoms with E-state index in [1.54, 1.807) is 0 Å². The summed E-state index contributed by atoms with van der Waals surface area (Å²) in [7, 11) is 0. The Morgan fingerprint density at radius 3 is 2.14 bits per heavy atom. The van der Waals surface area contributed by atoms with Crippen molar-refractivity contribution >= 4 is 0 Å². The van der Waals surface area contributed by atoms with Gasteiger partial charge in [-0.3, -0.25) is 4.90 Å². The predicted molar refractivity (Wildman–Crippen MR) is 93.6 cm³/mol. The van der Waals surface area contributed by atoms with E-state index in [4.69, 9.17) is 5.73 Å².